The summed E-state index contributed by atoms with van der Waals surface area (Å²) in [6.07, 6.45) is 0. The summed E-state index contributed by atoms with van der Waals surface area (Å²) in [6, 6.07) is 8.64. The molecule has 1 heterocycles. The van der Waals surface area contributed by atoms with Crippen LogP contribution in [0, 0.1) is 27.7 Å². The summed E-state index contributed by atoms with van der Waals surface area (Å²) in [5.74, 6) is 1.93. The lowest BCUT2D eigenvalue weighted by molar-refractivity contribution is 0.442. The van der Waals surface area contributed by atoms with E-state index in [0.717, 1.165) is 11.5 Å². The summed E-state index contributed by atoms with van der Waals surface area (Å²) in [5, 5.41) is 3.36. The summed E-state index contributed by atoms with van der Waals surface area (Å²) in [4.78, 5) is 0. The maximum Gasteiger partial charge on any atom is 0.125 e. The van der Waals surface area contributed by atoms with Gasteiger partial charge in [-0.1, -0.05) is 17.7 Å². The first kappa shape index (κ1) is 12.9. The quantitative estimate of drug-likeness (QED) is 0.886. The highest BCUT2D eigenvalue weighted by molar-refractivity contribution is 5.42. The average Bonchev–Trinajstić information content (AvgIpc) is 2.69. The van der Waals surface area contributed by atoms with Crippen molar-refractivity contribution in [3.8, 4) is 0 Å². The number of aryl methyl sites for hydroxylation is 4. The van der Waals surface area contributed by atoms with Crippen LogP contribution in [0.2, 0.25) is 0 Å². The molecule has 2 rings (SSSR count). The van der Waals surface area contributed by atoms with E-state index in [9.17, 15) is 0 Å². The largest absolute Gasteiger partial charge is 0.464 e. The predicted octanol–water partition coefficient (Wildman–Crippen LogP) is 3.82. The van der Waals surface area contributed by atoms with Crippen molar-refractivity contribution >= 4 is 0 Å². The molecule has 0 spiro atoms. The van der Waals surface area contributed by atoms with E-state index in [4.69, 9.17) is 4.42 Å². The Hall–Kier alpha value is -1.54. The van der Waals surface area contributed by atoms with Crippen molar-refractivity contribution < 1.29 is 4.42 Å². The van der Waals surface area contributed by atoms with Gasteiger partial charge in [0.25, 0.3) is 0 Å². The Kier molecular flexibility index (Phi) is 3.58. The normalized spacial score (nSPS) is 12.7. The minimum atomic E-state index is 0.124. The molecule has 0 aliphatic heterocycles. The molecule has 1 aromatic carbocycles. The van der Waals surface area contributed by atoms with Crippen LogP contribution in [-0.2, 0) is 0 Å². The van der Waals surface area contributed by atoms with Gasteiger partial charge in [-0.2, -0.15) is 0 Å². The van der Waals surface area contributed by atoms with Gasteiger partial charge in [-0.05, 0) is 63.6 Å². The minimum absolute atomic E-state index is 0.124. The maximum atomic E-state index is 5.77. The first-order valence-electron chi connectivity index (χ1n) is 6.34. The molecule has 0 aliphatic carbocycles. The fraction of sp³-hybridized carbons (Fsp3) is 0.375. The SMILES string of the molecule is CNC(c1ccc(C)o1)c1c(C)cc(C)cc1C. The minimum Gasteiger partial charge on any atom is -0.464 e. The van der Waals surface area contributed by atoms with Crippen LogP contribution in [0.25, 0.3) is 0 Å². The summed E-state index contributed by atoms with van der Waals surface area (Å²) in [6.45, 7) is 8.44. The molecular weight excluding hydrogens is 222 g/mol. The average molecular weight is 243 g/mol. The van der Waals surface area contributed by atoms with Crippen LogP contribution in [0.5, 0.6) is 0 Å². The Labute approximate surface area is 109 Å². The second kappa shape index (κ2) is 4.99. The highest BCUT2D eigenvalue weighted by atomic mass is 16.3. The molecule has 96 valence electrons. The van der Waals surface area contributed by atoms with Gasteiger partial charge in [-0.3, -0.25) is 0 Å². The molecule has 0 saturated carbocycles. The van der Waals surface area contributed by atoms with Crippen LogP contribution in [0.15, 0.2) is 28.7 Å². The van der Waals surface area contributed by atoms with Crippen molar-refractivity contribution in [1.82, 2.24) is 5.32 Å². The first-order chi connectivity index (χ1) is 8.52. The van der Waals surface area contributed by atoms with Gasteiger partial charge in [-0.15, -0.1) is 0 Å². The molecule has 1 N–H and O–H groups in total. The molecule has 18 heavy (non-hydrogen) atoms. The summed E-state index contributed by atoms with van der Waals surface area (Å²) < 4.78 is 5.77. The molecule has 0 bridgehead atoms. The van der Waals surface area contributed by atoms with Crippen molar-refractivity contribution in [2.75, 3.05) is 7.05 Å². The summed E-state index contributed by atoms with van der Waals surface area (Å²) in [7, 11) is 1.97. The van der Waals surface area contributed by atoms with Gasteiger partial charge in [0.1, 0.15) is 11.5 Å². The Morgan fingerprint density at radius 2 is 1.61 bits per heavy atom. The molecule has 2 aromatic rings. The lowest BCUT2D eigenvalue weighted by Gasteiger charge is -2.20. The number of hydrogen-bond donors (Lipinski definition) is 1. The van der Waals surface area contributed by atoms with Crippen molar-refractivity contribution in [2.24, 2.45) is 0 Å². The van der Waals surface area contributed by atoms with Gasteiger partial charge in [0.15, 0.2) is 0 Å². The van der Waals surface area contributed by atoms with Gasteiger partial charge in [0, 0.05) is 0 Å². The Bertz CT molecular complexity index is 531. The van der Waals surface area contributed by atoms with E-state index >= 15 is 0 Å². The van der Waals surface area contributed by atoms with E-state index in [-0.39, 0.29) is 6.04 Å². The fourth-order valence-corrected chi connectivity index (χ4v) is 2.68. The van der Waals surface area contributed by atoms with Crippen LogP contribution in [0.1, 0.15) is 39.8 Å². The molecule has 0 aliphatic rings. The third-order valence-electron chi connectivity index (χ3n) is 3.36. The van der Waals surface area contributed by atoms with Crippen LogP contribution < -0.4 is 5.32 Å². The van der Waals surface area contributed by atoms with E-state index < -0.39 is 0 Å². The molecule has 0 amide bonds. The summed E-state index contributed by atoms with van der Waals surface area (Å²) >= 11 is 0. The van der Waals surface area contributed by atoms with Gasteiger partial charge in [0.2, 0.25) is 0 Å². The van der Waals surface area contributed by atoms with Crippen LogP contribution in [-0.4, -0.2) is 7.05 Å². The van der Waals surface area contributed by atoms with Crippen LogP contribution in [0.3, 0.4) is 0 Å². The Balaban J connectivity index is 2.51. The lowest BCUT2D eigenvalue weighted by atomic mass is 9.93. The van der Waals surface area contributed by atoms with Gasteiger partial charge >= 0.3 is 0 Å². The monoisotopic (exact) mass is 243 g/mol. The van der Waals surface area contributed by atoms with Gasteiger partial charge < -0.3 is 9.73 Å². The van der Waals surface area contributed by atoms with Gasteiger partial charge in [0.05, 0.1) is 6.04 Å². The first-order valence-corrected chi connectivity index (χ1v) is 6.34. The van der Waals surface area contributed by atoms with E-state index in [1.165, 1.54) is 22.3 Å². The van der Waals surface area contributed by atoms with E-state index in [2.05, 4.69) is 44.3 Å². The molecule has 0 radical (unpaired) electrons. The molecular formula is C16H21NO. The van der Waals surface area contributed by atoms with Crippen molar-refractivity contribution in [2.45, 2.75) is 33.7 Å². The summed E-state index contributed by atoms with van der Waals surface area (Å²) in [5.41, 5.74) is 5.23. The number of hydrogen-bond acceptors (Lipinski definition) is 2. The lowest BCUT2D eigenvalue weighted by Crippen LogP contribution is -2.19. The van der Waals surface area contributed by atoms with E-state index in [1.54, 1.807) is 0 Å². The highest BCUT2D eigenvalue weighted by Gasteiger charge is 2.19. The zero-order valence-corrected chi connectivity index (χ0v) is 11.8. The maximum absolute atomic E-state index is 5.77. The van der Waals surface area contributed by atoms with Crippen molar-refractivity contribution in [1.29, 1.82) is 0 Å². The fourth-order valence-electron chi connectivity index (χ4n) is 2.68. The molecule has 2 heteroatoms. The smallest absolute Gasteiger partial charge is 0.125 e. The number of benzene rings is 1. The van der Waals surface area contributed by atoms with Crippen molar-refractivity contribution in [3.63, 3.8) is 0 Å². The van der Waals surface area contributed by atoms with Gasteiger partial charge in [-0.25, -0.2) is 0 Å². The van der Waals surface area contributed by atoms with E-state index in [0.29, 0.717) is 0 Å². The molecule has 1 aromatic heterocycles. The predicted molar refractivity (Wildman–Crippen MR) is 75.0 cm³/mol. The molecule has 1 unspecified atom stereocenters. The standard InChI is InChI=1S/C16H21NO/c1-10-8-11(2)15(12(3)9-10)16(17-5)14-7-6-13(4)18-14/h6-9,16-17H,1-5H3. The van der Waals surface area contributed by atoms with Crippen LogP contribution in [0.4, 0.5) is 0 Å². The highest BCUT2D eigenvalue weighted by Crippen LogP contribution is 2.29. The zero-order chi connectivity index (χ0) is 13.3. The Morgan fingerprint density at radius 1 is 1.00 bits per heavy atom. The van der Waals surface area contributed by atoms with Crippen molar-refractivity contribution in [3.05, 3.63) is 58.0 Å². The molecule has 0 saturated heterocycles. The zero-order valence-electron chi connectivity index (χ0n) is 11.8. The van der Waals surface area contributed by atoms with Crippen LogP contribution >= 0.6 is 0 Å². The third kappa shape index (κ3) is 2.34. The number of rotatable bonds is 3. The topological polar surface area (TPSA) is 25.2 Å². The number of nitrogens with one attached hydrogen (secondary N) is 1. The second-order valence-electron chi connectivity index (χ2n) is 4.98. The second-order valence-corrected chi connectivity index (χ2v) is 4.98. The molecule has 0 fully saturated rings. The molecule has 1 atom stereocenters. The van der Waals surface area contributed by atoms with E-state index in [1.807, 2.05) is 20.0 Å². The number of furan rings is 1. The Morgan fingerprint density at radius 3 is 2.06 bits per heavy atom. The molecule has 2 nitrogen and oxygen atoms in total. The third-order valence-corrected chi connectivity index (χ3v) is 3.36.